The van der Waals surface area contributed by atoms with E-state index in [1.807, 2.05) is 86.6 Å². The zero-order valence-corrected chi connectivity index (χ0v) is 16.1. The molecule has 28 heavy (non-hydrogen) atoms. The summed E-state index contributed by atoms with van der Waals surface area (Å²) in [5, 5.41) is 0. The summed E-state index contributed by atoms with van der Waals surface area (Å²) in [6.07, 6.45) is 0. The minimum Gasteiger partial charge on any atom is -0.494 e. The Balaban J connectivity index is 1.84. The van der Waals surface area contributed by atoms with Gasteiger partial charge in [-0.1, -0.05) is 12.1 Å². The monoisotopic (exact) mass is 370 g/mol. The molecule has 0 radical (unpaired) electrons. The first-order valence-corrected chi connectivity index (χ1v) is 9.51. The highest BCUT2D eigenvalue weighted by molar-refractivity contribution is 5.86. The average molecular weight is 370 g/mol. The van der Waals surface area contributed by atoms with Gasteiger partial charge in [-0.25, -0.2) is 9.97 Å². The predicted octanol–water partition coefficient (Wildman–Crippen LogP) is 5.76. The van der Waals surface area contributed by atoms with E-state index in [1.165, 1.54) is 0 Å². The molecule has 0 aliphatic heterocycles. The Hall–Kier alpha value is -3.40. The summed E-state index contributed by atoms with van der Waals surface area (Å²) in [7, 11) is 0. The number of aromatic nitrogens is 2. The Morgan fingerprint density at radius 3 is 1.32 bits per heavy atom. The summed E-state index contributed by atoms with van der Waals surface area (Å²) in [6, 6.07) is 23.9. The van der Waals surface area contributed by atoms with Gasteiger partial charge in [0.05, 0.1) is 35.6 Å². The van der Waals surface area contributed by atoms with Crippen molar-refractivity contribution in [2.24, 2.45) is 0 Å². The summed E-state index contributed by atoms with van der Waals surface area (Å²) in [6.45, 7) is 5.25. The molecule has 1 heterocycles. The summed E-state index contributed by atoms with van der Waals surface area (Å²) >= 11 is 0. The fraction of sp³-hybridized carbons (Fsp3) is 0.167. The second kappa shape index (κ2) is 8.09. The van der Waals surface area contributed by atoms with Gasteiger partial charge in [0.2, 0.25) is 0 Å². The van der Waals surface area contributed by atoms with Gasteiger partial charge in [-0.15, -0.1) is 0 Å². The van der Waals surface area contributed by atoms with Gasteiger partial charge in [0.15, 0.2) is 0 Å². The molecule has 0 atom stereocenters. The molecule has 0 fully saturated rings. The van der Waals surface area contributed by atoms with Gasteiger partial charge in [0, 0.05) is 11.1 Å². The standard InChI is InChI=1S/C24H22N2O2/c1-3-27-19-13-9-17(10-14-19)23-24(18-11-15-20(16-12-18)28-4-2)26-22-8-6-5-7-21(22)25-23/h5-16H,3-4H2,1-2H3. The number of hydrogen-bond acceptors (Lipinski definition) is 4. The molecule has 4 rings (SSSR count). The molecule has 4 aromatic rings. The zero-order chi connectivity index (χ0) is 19.3. The molecule has 0 saturated carbocycles. The highest BCUT2D eigenvalue weighted by atomic mass is 16.5. The number of nitrogens with zero attached hydrogens (tertiary/aromatic N) is 2. The second-order valence-corrected chi connectivity index (χ2v) is 6.32. The van der Waals surface area contributed by atoms with E-state index in [-0.39, 0.29) is 0 Å². The Kier molecular flexibility index (Phi) is 5.20. The van der Waals surface area contributed by atoms with E-state index >= 15 is 0 Å². The maximum Gasteiger partial charge on any atom is 0.119 e. The molecular formula is C24H22N2O2. The molecule has 0 bridgehead atoms. The number of benzene rings is 3. The summed E-state index contributed by atoms with van der Waals surface area (Å²) < 4.78 is 11.1. The van der Waals surface area contributed by atoms with Crippen molar-refractivity contribution in [3.05, 3.63) is 72.8 Å². The second-order valence-electron chi connectivity index (χ2n) is 6.32. The molecule has 0 spiro atoms. The summed E-state index contributed by atoms with van der Waals surface area (Å²) in [5.41, 5.74) is 5.47. The van der Waals surface area contributed by atoms with Crippen molar-refractivity contribution in [2.75, 3.05) is 13.2 Å². The molecule has 0 amide bonds. The molecule has 0 aliphatic rings. The highest BCUT2D eigenvalue weighted by Gasteiger charge is 2.13. The lowest BCUT2D eigenvalue weighted by Crippen LogP contribution is -1.96. The number of rotatable bonds is 6. The quantitative estimate of drug-likeness (QED) is 0.433. The van der Waals surface area contributed by atoms with Crippen LogP contribution in [0.25, 0.3) is 33.5 Å². The highest BCUT2D eigenvalue weighted by Crippen LogP contribution is 2.32. The van der Waals surface area contributed by atoms with Crippen LogP contribution in [0.1, 0.15) is 13.8 Å². The van der Waals surface area contributed by atoms with Gasteiger partial charge >= 0.3 is 0 Å². The minimum atomic E-state index is 0.645. The fourth-order valence-electron chi connectivity index (χ4n) is 3.15. The molecule has 0 unspecified atom stereocenters. The third kappa shape index (κ3) is 3.67. The van der Waals surface area contributed by atoms with Crippen molar-refractivity contribution in [1.82, 2.24) is 9.97 Å². The third-order valence-electron chi connectivity index (χ3n) is 4.45. The Bertz CT molecular complexity index is 986. The molecular weight excluding hydrogens is 348 g/mol. The van der Waals surface area contributed by atoms with Crippen molar-refractivity contribution in [3.63, 3.8) is 0 Å². The smallest absolute Gasteiger partial charge is 0.119 e. The predicted molar refractivity (Wildman–Crippen MR) is 113 cm³/mol. The zero-order valence-electron chi connectivity index (χ0n) is 16.1. The van der Waals surface area contributed by atoms with Crippen LogP contribution < -0.4 is 9.47 Å². The Morgan fingerprint density at radius 2 is 0.964 bits per heavy atom. The molecule has 0 saturated heterocycles. The topological polar surface area (TPSA) is 44.2 Å². The van der Waals surface area contributed by atoms with Crippen molar-refractivity contribution in [1.29, 1.82) is 0 Å². The lowest BCUT2D eigenvalue weighted by molar-refractivity contribution is 0.340. The SMILES string of the molecule is CCOc1ccc(-c2nc3ccccc3nc2-c2ccc(OCC)cc2)cc1. The van der Waals surface area contributed by atoms with Gasteiger partial charge in [-0.2, -0.15) is 0 Å². The maximum absolute atomic E-state index is 5.57. The van der Waals surface area contributed by atoms with Crippen LogP contribution in [0.2, 0.25) is 0 Å². The van der Waals surface area contributed by atoms with E-state index in [1.54, 1.807) is 0 Å². The van der Waals surface area contributed by atoms with E-state index in [4.69, 9.17) is 19.4 Å². The number of para-hydroxylation sites is 2. The van der Waals surface area contributed by atoms with E-state index < -0.39 is 0 Å². The molecule has 0 aliphatic carbocycles. The van der Waals surface area contributed by atoms with Crippen LogP contribution in [0.5, 0.6) is 11.5 Å². The molecule has 1 aromatic heterocycles. The first kappa shape index (κ1) is 18.0. The Labute approximate surface area is 164 Å². The number of fused-ring (bicyclic) bond motifs is 1. The van der Waals surface area contributed by atoms with E-state index in [0.717, 1.165) is 45.0 Å². The largest absolute Gasteiger partial charge is 0.494 e. The maximum atomic E-state index is 5.57. The van der Waals surface area contributed by atoms with Gasteiger partial charge < -0.3 is 9.47 Å². The number of hydrogen-bond donors (Lipinski definition) is 0. The normalized spacial score (nSPS) is 10.8. The lowest BCUT2D eigenvalue weighted by Gasteiger charge is -2.12. The van der Waals surface area contributed by atoms with Crippen molar-refractivity contribution >= 4 is 11.0 Å². The van der Waals surface area contributed by atoms with E-state index in [0.29, 0.717) is 13.2 Å². The first-order chi connectivity index (χ1) is 13.8. The lowest BCUT2D eigenvalue weighted by atomic mass is 10.0. The van der Waals surface area contributed by atoms with Gasteiger partial charge in [-0.3, -0.25) is 0 Å². The summed E-state index contributed by atoms with van der Waals surface area (Å²) in [4.78, 5) is 9.84. The van der Waals surface area contributed by atoms with Gasteiger partial charge in [-0.05, 0) is 74.5 Å². The molecule has 140 valence electrons. The van der Waals surface area contributed by atoms with E-state index in [9.17, 15) is 0 Å². The van der Waals surface area contributed by atoms with Crippen molar-refractivity contribution in [3.8, 4) is 34.0 Å². The van der Waals surface area contributed by atoms with Crippen LogP contribution in [0.3, 0.4) is 0 Å². The fourth-order valence-corrected chi connectivity index (χ4v) is 3.15. The first-order valence-electron chi connectivity index (χ1n) is 9.51. The molecule has 3 aromatic carbocycles. The number of ether oxygens (including phenoxy) is 2. The third-order valence-corrected chi connectivity index (χ3v) is 4.45. The van der Waals surface area contributed by atoms with Crippen LogP contribution in [-0.4, -0.2) is 23.2 Å². The van der Waals surface area contributed by atoms with Crippen LogP contribution >= 0.6 is 0 Å². The van der Waals surface area contributed by atoms with Crippen LogP contribution in [0.4, 0.5) is 0 Å². The molecule has 0 N–H and O–H groups in total. The Morgan fingerprint density at radius 1 is 0.571 bits per heavy atom. The van der Waals surface area contributed by atoms with E-state index in [2.05, 4.69) is 0 Å². The van der Waals surface area contributed by atoms with Crippen LogP contribution in [-0.2, 0) is 0 Å². The minimum absolute atomic E-state index is 0.645. The van der Waals surface area contributed by atoms with Crippen LogP contribution in [0, 0.1) is 0 Å². The van der Waals surface area contributed by atoms with Gasteiger partial charge in [0.25, 0.3) is 0 Å². The average Bonchev–Trinajstić information content (AvgIpc) is 2.74. The molecule has 4 nitrogen and oxygen atoms in total. The summed E-state index contributed by atoms with van der Waals surface area (Å²) in [5.74, 6) is 1.70. The van der Waals surface area contributed by atoms with Crippen molar-refractivity contribution in [2.45, 2.75) is 13.8 Å². The molecule has 4 heteroatoms. The van der Waals surface area contributed by atoms with Crippen molar-refractivity contribution < 1.29 is 9.47 Å². The van der Waals surface area contributed by atoms with Crippen LogP contribution in [0.15, 0.2) is 72.8 Å². The van der Waals surface area contributed by atoms with Gasteiger partial charge in [0.1, 0.15) is 11.5 Å².